The molecular weight excluding hydrogens is 178 g/mol. The molecule has 1 saturated carbocycles. The summed E-state index contributed by atoms with van der Waals surface area (Å²) in [6.45, 7) is 2.12. The van der Waals surface area contributed by atoms with Crippen LogP contribution in [0.15, 0.2) is 23.1 Å². The number of hydrogen-bond acceptors (Lipinski definition) is 2. The Morgan fingerprint density at radius 3 is 2.62 bits per heavy atom. The third-order valence-corrected chi connectivity index (χ3v) is 3.46. The Morgan fingerprint density at radius 1 is 1.38 bits per heavy atom. The van der Waals surface area contributed by atoms with Crippen molar-refractivity contribution in [3.8, 4) is 0 Å². The Hall–Kier alpha value is -0.470. The molecule has 1 aliphatic carbocycles. The van der Waals surface area contributed by atoms with Gasteiger partial charge in [0.05, 0.1) is 0 Å². The molecule has 1 aromatic rings. The third-order valence-electron chi connectivity index (χ3n) is 2.68. The molecule has 0 saturated heterocycles. The van der Waals surface area contributed by atoms with Crippen LogP contribution >= 0.6 is 11.8 Å². The molecule has 70 valence electrons. The van der Waals surface area contributed by atoms with Gasteiger partial charge in [0.2, 0.25) is 0 Å². The van der Waals surface area contributed by atoms with Crippen LogP contribution in [0.4, 0.5) is 0 Å². The molecule has 2 rings (SSSR count). The number of nitrogens with two attached hydrogens (primary N) is 1. The van der Waals surface area contributed by atoms with Crippen LogP contribution in [0, 0.1) is 6.92 Å². The number of benzene rings is 1. The lowest BCUT2D eigenvalue weighted by atomic mass is 10.0. The van der Waals surface area contributed by atoms with Crippen molar-refractivity contribution in [3.63, 3.8) is 0 Å². The van der Waals surface area contributed by atoms with Crippen molar-refractivity contribution < 1.29 is 0 Å². The van der Waals surface area contributed by atoms with Gasteiger partial charge in [0.15, 0.2) is 0 Å². The molecular formula is C11H15NS. The van der Waals surface area contributed by atoms with Crippen molar-refractivity contribution in [2.75, 3.05) is 6.26 Å². The second-order valence-corrected chi connectivity index (χ2v) is 4.71. The first kappa shape index (κ1) is 9.10. The van der Waals surface area contributed by atoms with Gasteiger partial charge in [-0.1, -0.05) is 12.1 Å². The maximum atomic E-state index is 6.18. The van der Waals surface area contributed by atoms with E-state index in [2.05, 4.69) is 31.4 Å². The van der Waals surface area contributed by atoms with E-state index >= 15 is 0 Å². The zero-order chi connectivity index (χ0) is 9.47. The number of rotatable bonds is 2. The van der Waals surface area contributed by atoms with Crippen LogP contribution in [0.1, 0.15) is 24.0 Å². The molecule has 0 aromatic heterocycles. The molecule has 2 heteroatoms. The van der Waals surface area contributed by atoms with Gasteiger partial charge in [-0.15, -0.1) is 11.8 Å². The summed E-state index contributed by atoms with van der Waals surface area (Å²) in [4.78, 5) is 1.35. The minimum atomic E-state index is 0.00600. The molecule has 0 heterocycles. The molecule has 0 bridgehead atoms. The fraction of sp³-hybridized carbons (Fsp3) is 0.455. The van der Waals surface area contributed by atoms with Crippen molar-refractivity contribution in [2.24, 2.45) is 5.73 Å². The molecule has 1 nitrogen and oxygen atoms in total. The second kappa shape index (κ2) is 3.03. The molecule has 0 spiro atoms. The van der Waals surface area contributed by atoms with E-state index in [9.17, 15) is 0 Å². The molecule has 2 N–H and O–H groups in total. The van der Waals surface area contributed by atoms with E-state index in [4.69, 9.17) is 5.73 Å². The molecule has 1 fully saturated rings. The summed E-state index contributed by atoms with van der Waals surface area (Å²) in [6.07, 6.45) is 4.40. The number of aryl methyl sites for hydroxylation is 1. The summed E-state index contributed by atoms with van der Waals surface area (Å²) in [6, 6.07) is 6.57. The van der Waals surface area contributed by atoms with Crippen LogP contribution in [0.5, 0.6) is 0 Å². The molecule has 0 radical (unpaired) electrons. The molecule has 0 atom stereocenters. The van der Waals surface area contributed by atoms with Crippen LogP contribution in [-0.4, -0.2) is 6.26 Å². The van der Waals surface area contributed by atoms with Crippen LogP contribution in [0.2, 0.25) is 0 Å². The van der Waals surface area contributed by atoms with Crippen LogP contribution in [0.25, 0.3) is 0 Å². The van der Waals surface area contributed by atoms with E-state index < -0.39 is 0 Å². The van der Waals surface area contributed by atoms with Crippen LogP contribution in [-0.2, 0) is 5.54 Å². The highest BCUT2D eigenvalue weighted by Crippen LogP contribution is 2.46. The summed E-state index contributed by atoms with van der Waals surface area (Å²) in [5, 5.41) is 0. The standard InChI is InChI=1S/C11H15NS/c1-8-3-4-9(10(7-8)13-2)11(12)5-6-11/h3-4,7H,5-6,12H2,1-2H3. The first-order valence-corrected chi connectivity index (χ1v) is 5.82. The van der Waals surface area contributed by atoms with Crippen LogP contribution < -0.4 is 5.73 Å². The van der Waals surface area contributed by atoms with Crippen molar-refractivity contribution in [1.82, 2.24) is 0 Å². The second-order valence-electron chi connectivity index (χ2n) is 3.86. The third kappa shape index (κ3) is 1.61. The summed E-state index contributed by atoms with van der Waals surface area (Å²) < 4.78 is 0. The Bertz CT molecular complexity index is 329. The van der Waals surface area contributed by atoms with E-state index in [1.807, 2.05) is 0 Å². The highest BCUT2D eigenvalue weighted by molar-refractivity contribution is 7.98. The summed E-state index contributed by atoms with van der Waals surface area (Å²) in [7, 11) is 0. The average Bonchev–Trinajstić information content (AvgIpc) is 2.84. The van der Waals surface area contributed by atoms with Gasteiger partial charge >= 0.3 is 0 Å². The fourth-order valence-corrected chi connectivity index (χ4v) is 2.41. The Labute approximate surface area is 83.7 Å². The van der Waals surface area contributed by atoms with E-state index in [-0.39, 0.29) is 5.54 Å². The molecule has 0 amide bonds. The maximum absolute atomic E-state index is 6.18. The van der Waals surface area contributed by atoms with Crippen molar-refractivity contribution in [2.45, 2.75) is 30.2 Å². The van der Waals surface area contributed by atoms with E-state index in [0.717, 1.165) is 12.8 Å². The first-order chi connectivity index (χ1) is 6.15. The Kier molecular flexibility index (Phi) is 2.12. The minimum Gasteiger partial charge on any atom is -0.321 e. The van der Waals surface area contributed by atoms with E-state index in [1.165, 1.54) is 16.0 Å². The summed E-state index contributed by atoms with van der Waals surface area (Å²) in [5.74, 6) is 0. The van der Waals surface area contributed by atoms with Gasteiger partial charge in [0.25, 0.3) is 0 Å². The van der Waals surface area contributed by atoms with Gasteiger partial charge < -0.3 is 5.73 Å². The highest BCUT2D eigenvalue weighted by Gasteiger charge is 2.41. The van der Waals surface area contributed by atoms with Gasteiger partial charge in [-0.25, -0.2) is 0 Å². The summed E-state index contributed by atoms with van der Waals surface area (Å²) in [5.41, 5.74) is 8.84. The predicted octanol–water partition coefficient (Wildman–Crippen LogP) is 2.66. The smallest absolute Gasteiger partial charge is 0.0422 e. The largest absolute Gasteiger partial charge is 0.321 e. The lowest BCUT2D eigenvalue weighted by Crippen LogP contribution is -2.19. The molecule has 0 aliphatic heterocycles. The van der Waals surface area contributed by atoms with Gasteiger partial charge in [-0.2, -0.15) is 0 Å². The lowest BCUT2D eigenvalue weighted by molar-refractivity contribution is 0.721. The Balaban J connectivity index is 2.45. The van der Waals surface area contributed by atoms with Gasteiger partial charge in [-0.3, -0.25) is 0 Å². The van der Waals surface area contributed by atoms with Gasteiger partial charge in [-0.05, 0) is 43.2 Å². The van der Waals surface area contributed by atoms with Crippen molar-refractivity contribution in [3.05, 3.63) is 29.3 Å². The van der Waals surface area contributed by atoms with Crippen LogP contribution in [0.3, 0.4) is 0 Å². The fourth-order valence-electron chi connectivity index (χ4n) is 1.61. The zero-order valence-electron chi connectivity index (χ0n) is 8.13. The predicted molar refractivity (Wildman–Crippen MR) is 58.1 cm³/mol. The zero-order valence-corrected chi connectivity index (χ0v) is 8.95. The van der Waals surface area contributed by atoms with Gasteiger partial charge in [0.1, 0.15) is 0 Å². The minimum absolute atomic E-state index is 0.00600. The van der Waals surface area contributed by atoms with E-state index in [0.29, 0.717) is 0 Å². The highest BCUT2D eigenvalue weighted by atomic mass is 32.2. The maximum Gasteiger partial charge on any atom is 0.0422 e. The number of hydrogen-bond donors (Lipinski definition) is 1. The SMILES string of the molecule is CSc1cc(C)ccc1C1(N)CC1. The monoisotopic (exact) mass is 193 g/mol. The number of thioether (sulfide) groups is 1. The lowest BCUT2D eigenvalue weighted by Gasteiger charge is -2.14. The topological polar surface area (TPSA) is 26.0 Å². The molecule has 1 aromatic carbocycles. The average molecular weight is 193 g/mol. The molecule has 1 aliphatic rings. The van der Waals surface area contributed by atoms with E-state index in [1.54, 1.807) is 11.8 Å². The summed E-state index contributed by atoms with van der Waals surface area (Å²) >= 11 is 1.80. The normalized spacial score (nSPS) is 18.7. The molecule has 0 unspecified atom stereocenters. The Morgan fingerprint density at radius 2 is 2.08 bits per heavy atom. The van der Waals surface area contributed by atoms with Gasteiger partial charge in [0, 0.05) is 10.4 Å². The van der Waals surface area contributed by atoms with Crippen molar-refractivity contribution in [1.29, 1.82) is 0 Å². The quantitative estimate of drug-likeness (QED) is 0.731. The molecule has 13 heavy (non-hydrogen) atoms. The van der Waals surface area contributed by atoms with Crippen molar-refractivity contribution >= 4 is 11.8 Å². The first-order valence-electron chi connectivity index (χ1n) is 4.60.